The lowest BCUT2D eigenvalue weighted by Crippen LogP contribution is -2.28. The molecule has 8 heteroatoms. The lowest BCUT2D eigenvalue weighted by atomic mass is 10.1. The van der Waals surface area contributed by atoms with Crippen LogP contribution in [0.1, 0.15) is 36.8 Å². The van der Waals surface area contributed by atoms with Crippen LogP contribution in [0, 0.1) is 12.8 Å². The maximum atomic E-state index is 12.5. The zero-order chi connectivity index (χ0) is 18.7. The monoisotopic (exact) mass is 392 g/mol. The first-order chi connectivity index (χ1) is 12.5. The van der Waals surface area contributed by atoms with Crippen LogP contribution in [0.15, 0.2) is 18.2 Å². The summed E-state index contributed by atoms with van der Waals surface area (Å²) in [7, 11) is 0. The fourth-order valence-electron chi connectivity index (χ4n) is 2.82. The number of nitrogens with zero attached hydrogens (tertiary/aromatic N) is 3. The molecular formula is C18H21ClN4O2S. The van der Waals surface area contributed by atoms with Gasteiger partial charge in [-0.15, -0.1) is 10.2 Å². The number of amides is 2. The number of unbranched alkanes of at least 4 members (excludes halogenated alkanes) is 1. The lowest BCUT2D eigenvalue weighted by molar-refractivity contribution is -0.122. The number of carbonyl (C=O) groups is 2. The zero-order valence-electron chi connectivity index (χ0n) is 14.8. The minimum absolute atomic E-state index is 0.0778. The standard InChI is InChI=1S/C18H21ClN4O2S/c1-3-4-5-15-21-22-18(26-15)20-17(25)12-8-16(24)23(10-12)13-7-6-11(2)14(19)9-13/h6-7,9,12H,3-5,8,10H2,1-2H3,(H,20,22,25)/t12-/m0/s1. The van der Waals surface area contributed by atoms with Gasteiger partial charge in [0.05, 0.1) is 5.92 Å². The van der Waals surface area contributed by atoms with Gasteiger partial charge < -0.3 is 10.2 Å². The van der Waals surface area contributed by atoms with Gasteiger partial charge in [0.25, 0.3) is 0 Å². The van der Waals surface area contributed by atoms with Crippen LogP contribution in [0.3, 0.4) is 0 Å². The van der Waals surface area contributed by atoms with Crippen LogP contribution < -0.4 is 10.2 Å². The van der Waals surface area contributed by atoms with E-state index in [-0.39, 0.29) is 18.2 Å². The summed E-state index contributed by atoms with van der Waals surface area (Å²) in [6, 6.07) is 5.49. The van der Waals surface area contributed by atoms with E-state index in [4.69, 9.17) is 11.6 Å². The molecule has 2 heterocycles. The minimum Gasteiger partial charge on any atom is -0.312 e. The van der Waals surface area contributed by atoms with E-state index in [0.717, 1.165) is 35.5 Å². The van der Waals surface area contributed by atoms with Crippen molar-refractivity contribution in [3.63, 3.8) is 0 Å². The topological polar surface area (TPSA) is 75.2 Å². The molecule has 0 unspecified atom stereocenters. The van der Waals surface area contributed by atoms with E-state index < -0.39 is 5.92 Å². The molecule has 1 fully saturated rings. The molecule has 138 valence electrons. The molecular weight excluding hydrogens is 372 g/mol. The van der Waals surface area contributed by atoms with Crippen LogP contribution in [-0.2, 0) is 16.0 Å². The molecule has 1 aromatic heterocycles. The zero-order valence-corrected chi connectivity index (χ0v) is 16.4. The average molecular weight is 393 g/mol. The van der Waals surface area contributed by atoms with Gasteiger partial charge in [-0.25, -0.2) is 0 Å². The Hall–Kier alpha value is -1.99. The Morgan fingerprint density at radius 2 is 2.23 bits per heavy atom. The Balaban J connectivity index is 1.63. The Morgan fingerprint density at radius 1 is 1.42 bits per heavy atom. The number of nitrogens with one attached hydrogen (secondary N) is 1. The van der Waals surface area contributed by atoms with Crippen LogP contribution in [0.2, 0.25) is 5.02 Å². The van der Waals surface area contributed by atoms with Gasteiger partial charge in [0.1, 0.15) is 5.01 Å². The van der Waals surface area contributed by atoms with Crippen molar-refractivity contribution in [2.24, 2.45) is 5.92 Å². The van der Waals surface area contributed by atoms with Gasteiger partial charge >= 0.3 is 0 Å². The van der Waals surface area contributed by atoms with Crippen LogP contribution in [0.5, 0.6) is 0 Å². The van der Waals surface area contributed by atoms with E-state index in [1.807, 2.05) is 19.1 Å². The molecule has 6 nitrogen and oxygen atoms in total. The molecule has 2 aromatic rings. The number of carbonyl (C=O) groups excluding carboxylic acids is 2. The van der Waals surface area contributed by atoms with E-state index in [0.29, 0.717) is 16.7 Å². The third-order valence-electron chi connectivity index (χ3n) is 4.40. The minimum atomic E-state index is -0.412. The highest BCUT2D eigenvalue weighted by Gasteiger charge is 2.35. The number of hydrogen-bond donors (Lipinski definition) is 1. The Morgan fingerprint density at radius 3 is 2.96 bits per heavy atom. The maximum Gasteiger partial charge on any atom is 0.231 e. The first-order valence-corrected chi connectivity index (χ1v) is 9.87. The van der Waals surface area contributed by atoms with Crippen molar-refractivity contribution in [3.05, 3.63) is 33.8 Å². The predicted octanol–water partition coefficient (Wildman–Crippen LogP) is 3.83. The van der Waals surface area contributed by atoms with Gasteiger partial charge in [0.2, 0.25) is 16.9 Å². The van der Waals surface area contributed by atoms with Gasteiger partial charge in [0.15, 0.2) is 0 Å². The third-order valence-corrected chi connectivity index (χ3v) is 5.71. The molecule has 2 amide bonds. The summed E-state index contributed by atoms with van der Waals surface area (Å²) in [6.45, 7) is 4.37. The number of anilines is 2. The van der Waals surface area contributed by atoms with E-state index in [1.165, 1.54) is 11.3 Å². The number of benzene rings is 1. The van der Waals surface area contributed by atoms with Crippen molar-refractivity contribution in [2.75, 3.05) is 16.8 Å². The lowest BCUT2D eigenvalue weighted by Gasteiger charge is -2.17. The molecule has 1 aliphatic heterocycles. The molecule has 1 aromatic carbocycles. The van der Waals surface area contributed by atoms with Gasteiger partial charge in [-0.2, -0.15) is 0 Å². The van der Waals surface area contributed by atoms with Crippen LogP contribution in [0.25, 0.3) is 0 Å². The number of aromatic nitrogens is 2. The summed E-state index contributed by atoms with van der Waals surface area (Å²) in [5.41, 5.74) is 1.67. The SMILES string of the molecule is CCCCc1nnc(NC(=O)[C@H]2CC(=O)N(c3ccc(C)c(Cl)c3)C2)s1. The molecule has 0 aliphatic carbocycles. The molecule has 1 atom stereocenters. The quantitative estimate of drug-likeness (QED) is 0.810. The first kappa shape index (κ1) is 18.8. The molecule has 0 spiro atoms. The summed E-state index contributed by atoms with van der Waals surface area (Å²) in [6.07, 6.45) is 3.19. The van der Waals surface area contributed by atoms with Crippen LogP contribution in [-0.4, -0.2) is 28.6 Å². The normalized spacial score (nSPS) is 17.0. The number of rotatable bonds is 6. The maximum absolute atomic E-state index is 12.5. The Bertz CT molecular complexity index is 823. The molecule has 3 rings (SSSR count). The smallest absolute Gasteiger partial charge is 0.231 e. The van der Waals surface area contributed by atoms with Crippen molar-refractivity contribution >= 4 is 45.6 Å². The summed E-state index contributed by atoms with van der Waals surface area (Å²) in [5.74, 6) is -0.686. The molecule has 26 heavy (non-hydrogen) atoms. The largest absolute Gasteiger partial charge is 0.312 e. The Labute approximate surface area is 161 Å². The fraction of sp³-hybridized carbons (Fsp3) is 0.444. The van der Waals surface area contributed by atoms with Gasteiger partial charge in [-0.05, 0) is 31.0 Å². The average Bonchev–Trinajstić information content (AvgIpc) is 3.22. The molecule has 0 bridgehead atoms. The molecule has 1 saturated heterocycles. The second kappa shape index (κ2) is 8.14. The number of hydrogen-bond acceptors (Lipinski definition) is 5. The van der Waals surface area contributed by atoms with Crippen LogP contribution >= 0.6 is 22.9 Å². The van der Waals surface area contributed by atoms with Gasteiger partial charge in [0, 0.05) is 30.1 Å². The highest BCUT2D eigenvalue weighted by Crippen LogP contribution is 2.29. The van der Waals surface area contributed by atoms with E-state index in [1.54, 1.807) is 11.0 Å². The van der Waals surface area contributed by atoms with E-state index in [9.17, 15) is 9.59 Å². The second-order valence-electron chi connectivity index (χ2n) is 6.43. The second-order valence-corrected chi connectivity index (χ2v) is 7.90. The highest BCUT2D eigenvalue weighted by atomic mass is 35.5. The summed E-state index contributed by atoms with van der Waals surface area (Å²) >= 11 is 7.54. The van der Waals surface area contributed by atoms with Crippen molar-refractivity contribution in [1.82, 2.24) is 10.2 Å². The Kier molecular flexibility index (Phi) is 5.88. The van der Waals surface area contributed by atoms with E-state index in [2.05, 4.69) is 22.4 Å². The van der Waals surface area contributed by atoms with Crippen molar-refractivity contribution in [2.45, 2.75) is 39.5 Å². The summed E-state index contributed by atoms with van der Waals surface area (Å²) in [4.78, 5) is 26.5. The first-order valence-electron chi connectivity index (χ1n) is 8.67. The van der Waals surface area contributed by atoms with Gasteiger partial charge in [-0.3, -0.25) is 9.59 Å². The summed E-state index contributed by atoms with van der Waals surface area (Å²) in [5, 5.41) is 12.9. The van der Waals surface area contributed by atoms with Gasteiger partial charge in [-0.1, -0.05) is 42.3 Å². The predicted molar refractivity (Wildman–Crippen MR) is 104 cm³/mol. The van der Waals surface area contributed by atoms with Crippen molar-refractivity contribution < 1.29 is 9.59 Å². The van der Waals surface area contributed by atoms with Crippen molar-refractivity contribution in [1.29, 1.82) is 0 Å². The van der Waals surface area contributed by atoms with Crippen LogP contribution in [0.4, 0.5) is 10.8 Å². The molecule has 1 N–H and O–H groups in total. The number of aryl methyl sites for hydroxylation is 2. The summed E-state index contributed by atoms with van der Waals surface area (Å²) < 4.78 is 0. The van der Waals surface area contributed by atoms with E-state index >= 15 is 0 Å². The third kappa shape index (κ3) is 4.22. The molecule has 0 radical (unpaired) electrons. The highest BCUT2D eigenvalue weighted by molar-refractivity contribution is 7.15. The fourth-order valence-corrected chi connectivity index (χ4v) is 3.78. The van der Waals surface area contributed by atoms with Crippen molar-refractivity contribution in [3.8, 4) is 0 Å². The molecule has 1 aliphatic rings. The number of halogens is 1. The molecule has 0 saturated carbocycles.